The summed E-state index contributed by atoms with van der Waals surface area (Å²) in [4.78, 5) is 23.2. The van der Waals surface area contributed by atoms with Gasteiger partial charge in [0, 0.05) is 25.1 Å². The molecule has 0 bridgehead atoms. The molecule has 0 radical (unpaired) electrons. The van der Waals surface area contributed by atoms with Gasteiger partial charge in [-0.25, -0.2) is 0 Å². The first-order chi connectivity index (χ1) is 12.3. The van der Waals surface area contributed by atoms with E-state index in [1.807, 2.05) is 32.0 Å². The predicted molar refractivity (Wildman–Crippen MR) is 103 cm³/mol. The molecule has 0 saturated heterocycles. The number of carbonyl (C=O) groups is 2. The summed E-state index contributed by atoms with van der Waals surface area (Å²) >= 11 is 0. The molecule has 144 valence electrons. The molecule has 0 heterocycles. The second kappa shape index (κ2) is 11.2. The van der Waals surface area contributed by atoms with E-state index in [0.29, 0.717) is 37.1 Å². The van der Waals surface area contributed by atoms with Crippen LogP contribution in [0.15, 0.2) is 24.3 Å². The highest BCUT2D eigenvalue weighted by Crippen LogP contribution is 2.28. The second-order valence-corrected chi connectivity index (χ2v) is 6.69. The number of ether oxygens (including phenoxy) is 2. The fourth-order valence-electron chi connectivity index (χ4n) is 1.97. The van der Waals surface area contributed by atoms with Crippen molar-refractivity contribution in [3.63, 3.8) is 0 Å². The molecule has 6 nitrogen and oxygen atoms in total. The SMILES string of the molecule is COc1cc(C=CC(=O)NCCNC(=O)C(C)C)ccc1OCC(C)C. The van der Waals surface area contributed by atoms with Gasteiger partial charge in [0.05, 0.1) is 13.7 Å². The zero-order valence-electron chi connectivity index (χ0n) is 16.3. The molecule has 0 atom stereocenters. The van der Waals surface area contributed by atoms with E-state index in [4.69, 9.17) is 9.47 Å². The minimum absolute atomic E-state index is 0.0262. The van der Waals surface area contributed by atoms with Crippen molar-refractivity contribution in [3.05, 3.63) is 29.8 Å². The van der Waals surface area contributed by atoms with Gasteiger partial charge in [0.15, 0.2) is 11.5 Å². The first-order valence-corrected chi connectivity index (χ1v) is 8.88. The lowest BCUT2D eigenvalue weighted by Gasteiger charge is -2.12. The van der Waals surface area contributed by atoms with Crippen LogP contribution in [0.2, 0.25) is 0 Å². The highest BCUT2D eigenvalue weighted by molar-refractivity contribution is 5.91. The average molecular weight is 362 g/mol. The van der Waals surface area contributed by atoms with Crippen LogP contribution in [-0.2, 0) is 9.59 Å². The lowest BCUT2D eigenvalue weighted by atomic mass is 10.2. The number of rotatable bonds is 10. The van der Waals surface area contributed by atoms with Crippen LogP contribution >= 0.6 is 0 Å². The number of nitrogens with one attached hydrogen (secondary N) is 2. The van der Waals surface area contributed by atoms with E-state index in [1.54, 1.807) is 13.2 Å². The molecule has 0 aliphatic heterocycles. The minimum Gasteiger partial charge on any atom is -0.493 e. The van der Waals surface area contributed by atoms with E-state index >= 15 is 0 Å². The summed E-state index contributed by atoms with van der Waals surface area (Å²) in [5.41, 5.74) is 0.835. The van der Waals surface area contributed by atoms with Gasteiger partial charge >= 0.3 is 0 Å². The van der Waals surface area contributed by atoms with Crippen molar-refractivity contribution in [3.8, 4) is 11.5 Å². The van der Waals surface area contributed by atoms with Gasteiger partial charge in [-0.05, 0) is 29.7 Å². The Morgan fingerprint density at radius 2 is 1.77 bits per heavy atom. The smallest absolute Gasteiger partial charge is 0.244 e. The summed E-state index contributed by atoms with van der Waals surface area (Å²) in [5, 5.41) is 5.47. The second-order valence-electron chi connectivity index (χ2n) is 6.69. The fraction of sp³-hybridized carbons (Fsp3) is 0.500. The van der Waals surface area contributed by atoms with Gasteiger partial charge in [-0.3, -0.25) is 9.59 Å². The number of hydrogen-bond acceptors (Lipinski definition) is 4. The van der Waals surface area contributed by atoms with E-state index < -0.39 is 0 Å². The third-order valence-electron chi connectivity index (χ3n) is 3.43. The average Bonchev–Trinajstić information content (AvgIpc) is 2.61. The van der Waals surface area contributed by atoms with Crippen LogP contribution in [0.25, 0.3) is 6.08 Å². The molecule has 2 amide bonds. The van der Waals surface area contributed by atoms with E-state index in [-0.39, 0.29) is 17.7 Å². The molecule has 26 heavy (non-hydrogen) atoms. The predicted octanol–water partition coefficient (Wildman–Crippen LogP) is 2.63. The van der Waals surface area contributed by atoms with Crippen LogP contribution < -0.4 is 20.1 Å². The Morgan fingerprint density at radius 3 is 2.38 bits per heavy atom. The quantitative estimate of drug-likeness (QED) is 0.495. The van der Waals surface area contributed by atoms with E-state index in [1.165, 1.54) is 6.08 Å². The van der Waals surface area contributed by atoms with Crippen LogP contribution in [0.1, 0.15) is 33.3 Å². The van der Waals surface area contributed by atoms with Gasteiger partial charge in [-0.2, -0.15) is 0 Å². The monoisotopic (exact) mass is 362 g/mol. The molecule has 1 aromatic rings. The summed E-state index contributed by atoms with van der Waals surface area (Å²) in [6.07, 6.45) is 3.16. The van der Waals surface area contributed by atoms with Crippen LogP contribution in [0.4, 0.5) is 0 Å². The maximum atomic E-state index is 11.8. The van der Waals surface area contributed by atoms with Crippen molar-refractivity contribution in [2.24, 2.45) is 11.8 Å². The normalized spacial score (nSPS) is 11.0. The highest BCUT2D eigenvalue weighted by Gasteiger charge is 2.07. The third kappa shape index (κ3) is 8.05. The maximum absolute atomic E-state index is 11.8. The number of benzene rings is 1. The maximum Gasteiger partial charge on any atom is 0.244 e. The molecular formula is C20H30N2O4. The number of hydrogen-bond donors (Lipinski definition) is 2. The van der Waals surface area contributed by atoms with Crippen molar-refractivity contribution in [1.29, 1.82) is 0 Å². The molecule has 6 heteroatoms. The molecule has 0 fully saturated rings. The molecule has 1 aromatic carbocycles. The van der Waals surface area contributed by atoms with Gasteiger partial charge in [-0.15, -0.1) is 0 Å². The summed E-state index contributed by atoms with van der Waals surface area (Å²) in [7, 11) is 1.59. The molecule has 0 spiro atoms. The minimum atomic E-state index is -0.220. The zero-order chi connectivity index (χ0) is 19.5. The molecule has 0 aromatic heterocycles. The van der Waals surface area contributed by atoms with Crippen molar-refractivity contribution < 1.29 is 19.1 Å². The molecular weight excluding hydrogens is 332 g/mol. The van der Waals surface area contributed by atoms with E-state index in [9.17, 15) is 9.59 Å². The van der Waals surface area contributed by atoms with Crippen molar-refractivity contribution in [1.82, 2.24) is 10.6 Å². The molecule has 1 rings (SSSR count). The summed E-state index contributed by atoms with van der Waals surface area (Å²) in [5.74, 6) is 1.43. The first-order valence-electron chi connectivity index (χ1n) is 8.88. The third-order valence-corrected chi connectivity index (χ3v) is 3.43. The van der Waals surface area contributed by atoms with Crippen LogP contribution in [0.5, 0.6) is 11.5 Å². The van der Waals surface area contributed by atoms with Crippen molar-refractivity contribution in [2.45, 2.75) is 27.7 Å². The zero-order valence-corrected chi connectivity index (χ0v) is 16.3. The van der Waals surface area contributed by atoms with E-state index in [0.717, 1.165) is 5.56 Å². The number of carbonyl (C=O) groups excluding carboxylic acids is 2. The topological polar surface area (TPSA) is 76.7 Å². The Labute approximate surface area is 156 Å². The number of methoxy groups -OCH3 is 1. The molecule has 0 unspecified atom stereocenters. The van der Waals surface area contributed by atoms with Gasteiger partial charge < -0.3 is 20.1 Å². The highest BCUT2D eigenvalue weighted by atomic mass is 16.5. The van der Waals surface area contributed by atoms with Gasteiger partial charge in [-0.1, -0.05) is 33.8 Å². The lowest BCUT2D eigenvalue weighted by Crippen LogP contribution is -2.35. The lowest BCUT2D eigenvalue weighted by molar-refractivity contribution is -0.124. The van der Waals surface area contributed by atoms with Crippen LogP contribution in [0, 0.1) is 11.8 Å². The fourth-order valence-corrected chi connectivity index (χ4v) is 1.97. The molecule has 0 saturated carbocycles. The Balaban J connectivity index is 2.51. The molecule has 0 aliphatic carbocycles. The Hall–Kier alpha value is -2.50. The summed E-state index contributed by atoms with van der Waals surface area (Å²) in [6, 6.07) is 5.52. The standard InChI is InChI=1S/C20H30N2O4/c1-14(2)13-26-17-8-6-16(12-18(17)25-5)7-9-19(23)21-10-11-22-20(24)15(3)4/h6-9,12,14-15H,10-11,13H2,1-5H3,(H,21,23)(H,22,24). The van der Waals surface area contributed by atoms with Crippen molar-refractivity contribution in [2.75, 3.05) is 26.8 Å². The van der Waals surface area contributed by atoms with E-state index in [2.05, 4.69) is 24.5 Å². The largest absolute Gasteiger partial charge is 0.493 e. The van der Waals surface area contributed by atoms with Crippen LogP contribution in [0.3, 0.4) is 0 Å². The summed E-state index contributed by atoms with van der Waals surface area (Å²) in [6.45, 7) is 9.21. The van der Waals surface area contributed by atoms with Gasteiger partial charge in [0.25, 0.3) is 0 Å². The van der Waals surface area contributed by atoms with Crippen LogP contribution in [-0.4, -0.2) is 38.6 Å². The molecule has 0 aliphatic rings. The Morgan fingerprint density at radius 1 is 1.08 bits per heavy atom. The Bertz CT molecular complexity index is 624. The Kier molecular flexibility index (Phi) is 9.26. The first kappa shape index (κ1) is 21.5. The van der Waals surface area contributed by atoms with Gasteiger partial charge in [0.1, 0.15) is 0 Å². The number of amides is 2. The van der Waals surface area contributed by atoms with Crippen molar-refractivity contribution >= 4 is 17.9 Å². The summed E-state index contributed by atoms with van der Waals surface area (Å²) < 4.78 is 11.1. The molecule has 2 N–H and O–H groups in total. The van der Waals surface area contributed by atoms with Gasteiger partial charge in [0.2, 0.25) is 11.8 Å².